The Morgan fingerprint density at radius 1 is 0.561 bits per heavy atom. The molecule has 0 saturated carbocycles. The number of thiophene rings is 2. The standard InChI is InChI=1S/C40H46N12O2S3/c1-5-9-11-21(7-3)19-51-33(43-31-35(51)45-39(41)47-37(31)53)27-17-15-25(55-27)23-13-14-24(30-29(23)49-57-50-30)26-16-18-28(56-26)34-44-32-36(46-40(42)48-38(32)54)52(34)20-22(8-4)12-10-6-2/h13-18,21-22H,5-12,19-20H2,1-4H3,(H3,41,45,47,53)(H3,42,46,48,54). The van der Waals surface area contributed by atoms with Crippen LogP contribution in [0.15, 0.2) is 36.4 Å². The van der Waals surface area contributed by atoms with Crippen molar-refractivity contribution in [2.75, 3.05) is 11.5 Å². The number of anilines is 2. The van der Waals surface area contributed by atoms with Crippen molar-refractivity contribution in [2.24, 2.45) is 11.8 Å². The summed E-state index contributed by atoms with van der Waals surface area (Å²) in [6, 6.07) is 12.5. The first kappa shape index (κ1) is 38.6. The minimum atomic E-state index is -0.218. The zero-order chi connectivity index (χ0) is 39.8. The quantitative estimate of drug-likeness (QED) is 0.0719. The molecule has 0 spiro atoms. The number of imidazole rings is 2. The van der Waals surface area contributed by atoms with E-state index >= 15 is 0 Å². The smallest absolute Gasteiger partial charge is 0.244 e. The van der Waals surface area contributed by atoms with Crippen LogP contribution >= 0.6 is 34.4 Å². The normalized spacial score (nSPS) is 13.1. The number of benzene rings is 1. The largest absolute Gasteiger partial charge is 0.492 e. The highest BCUT2D eigenvalue weighted by atomic mass is 32.1. The van der Waals surface area contributed by atoms with Crippen molar-refractivity contribution in [1.29, 1.82) is 0 Å². The van der Waals surface area contributed by atoms with E-state index < -0.39 is 0 Å². The van der Waals surface area contributed by atoms with Crippen molar-refractivity contribution in [3.05, 3.63) is 36.4 Å². The fourth-order valence-electron chi connectivity index (χ4n) is 7.55. The highest BCUT2D eigenvalue weighted by Crippen LogP contribution is 2.44. The van der Waals surface area contributed by atoms with Crippen LogP contribution in [0.3, 0.4) is 0 Å². The number of rotatable bonds is 16. The van der Waals surface area contributed by atoms with Crippen molar-refractivity contribution >= 4 is 79.7 Å². The average Bonchev–Trinajstić information content (AvgIpc) is 4.05. The van der Waals surface area contributed by atoms with E-state index in [0.29, 0.717) is 47.3 Å². The monoisotopic (exact) mass is 822 g/mol. The van der Waals surface area contributed by atoms with Gasteiger partial charge in [-0.05, 0) is 48.9 Å². The molecule has 0 bridgehead atoms. The number of aromatic nitrogens is 10. The number of aromatic hydroxyl groups is 2. The van der Waals surface area contributed by atoms with Gasteiger partial charge in [0.15, 0.2) is 34.0 Å². The van der Waals surface area contributed by atoms with Crippen LogP contribution in [0.2, 0.25) is 0 Å². The predicted molar refractivity (Wildman–Crippen MR) is 231 cm³/mol. The first-order valence-electron chi connectivity index (χ1n) is 19.6. The summed E-state index contributed by atoms with van der Waals surface area (Å²) in [6.45, 7) is 10.3. The zero-order valence-corrected chi connectivity index (χ0v) is 34.9. The molecule has 57 heavy (non-hydrogen) atoms. The number of unbranched alkanes of at least 4 members (excludes halogenated alkanes) is 2. The lowest BCUT2D eigenvalue weighted by molar-refractivity contribution is 0.396. The molecular formula is C40H46N12O2S3. The van der Waals surface area contributed by atoms with Gasteiger partial charge in [0.2, 0.25) is 23.7 Å². The molecule has 0 aliphatic heterocycles. The van der Waals surface area contributed by atoms with E-state index in [0.717, 1.165) is 105 Å². The van der Waals surface area contributed by atoms with E-state index in [9.17, 15) is 10.2 Å². The van der Waals surface area contributed by atoms with Gasteiger partial charge in [-0.15, -0.1) is 22.7 Å². The van der Waals surface area contributed by atoms with Crippen molar-refractivity contribution in [3.63, 3.8) is 0 Å². The molecule has 2 atom stereocenters. The zero-order valence-electron chi connectivity index (χ0n) is 32.4. The molecule has 0 aliphatic rings. The third kappa shape index (κ3) is 7.39. The molecule has 0 aliphatic carbocycles. The Kier molecular flexibility index (Phi) is 11.0. The Labute approximate surface area is 342 Å². The molecule has 2 unspecified atom stereocenters. The van der Waals surface area contributed by atoms with Gasteiger partial charge in [0.25, 0.3) is 0 Å². The molecule has 1 aromatic carbocycles. The van der Waals surface area contributed by atoms with Crippen LogP contribution < -0.4 is 11.5 Å². The van der Waals surface area contributed by atoms with Crippen LogP contribution in [-0.4, -0.2) is 58.0 Å². The number of nitrogens with zero attached hydrogens (tertiary/aromatic N) is 10. The molecule has 7 aromatic heterocycles. The van der Waals surface area contributed by atoms with Crippen molar-refractivity contribution in [2.45, 2.75) is 92.2 Å². The molecule has 296 valence electrons. The van der Waals surface area contributed by atoms with Gasteiger partial charge in [0.05, 0.1) is 21.5 Å². The molecule has 17 heteroatoms. The predicted octanol–water partition coefficient (Wildman–Crippen LogP) is 9.77. The van der Waals surface area contributed by atoms with E-state index in [1.54, 1.807) is 22.7 Å². The Bertz CT molecular complexity index is 2510. The Balaban J connectivity index is 1.15. The lowest BCUT2D eigenvalue weighted by atomic mass is 9.99. The first-order valence-corrected chi connectivity index (χ1v) is 22.0. The van der Waals surface area contributed by atoms with Crippen LogP contribution in [0, 0.1) is 11.8 Å². The first-order chi connectivity index (χ1) is 27.7. The van der Waals surface area contributed by atoms with Gasteiger partial charge in [0.1, 0.15) is 11.0 Å². The number of hydrogen-bond acceptors (Lipinski definition) is 15. The summed E-state index contributed by atoms with van der Waals surface area (Å²) >= 11 is 4.42. The second kappa shape index (κ2) is 16.3. The molecule has 8 aromatic rings. The maximum Gasteiger partial charge on any atom is 0.244 e. The number of nitrogens with two attached hydrogens (primary N) is 2. The van der Waals surface area contributed by atoms with Crippen molar-refractivity contribution in [3.8, 4) is 54.0 Å². The lowest BCUT2D eigenvalue weighted by Crippen LogP contribution is -2.12. The second-order valence-corrected chi connectivity index (χ2v) is 17.2. The van der Waals surface area contributed by atoms with E-state index in [1.807, 2.05) is 0 Å². The summed E-state index contributed by atoms with van der Waals surface area (Å²) in [5, 5.41) is 21.5. The molecular weight excluding hydrogens is 777 g/mol. The van der Waals surface area contributed by atoms with Crippen LogP contribution in [0.5, 0.6) is 11.8 Å². The number of fused-ring (bicyclic) bond motifs is 3. The molecule has 7 heterocycles. The fourth-order valence-corrected chi connectivity index (χ4v) is 10.2. The maximum atomic E-state index is 10.7. The van der Waals surface area contributed by atoms with Gasteiger partial charge < -0.3 is 30.8 Å². The number of hydrogen-bond donors (Lipinski definition) is 4. The Hall–Kier alpha value is -5.26. The third-order valence-corrected chi connectivity index (χ3v) is 13.5. The second-order valence-electron chi connectivity index (χ2n) is 14.5. The Morgan fingerprint density at radius 2 is 0.982 bits per heavy atom. The molecule has 8 rings (SSSR count). The van der Waals surface area contributed by atoms with Crippen molar-refractivity contribution < 1.29 is 10.2 Å². The molecule has 6 N–H and O–H groups in total. The summed E-state index contributed by atoms with van der Waals surface area (Å²) in [5.74, 6) is 1.89. The summed E-state index contributed by atoms with van der Waals surface area (Å²) in [4.78, 5) is 30.7. The summed E-state index contributed by atoms with van der Waals surface area (Å²) < 4.78 is 13.8. The molecule has 0 radical (unpaired) electrons. The average molecular weight is 823 g/mol. The van der Waals surface area contributed by atoms with Crippen molar-refractivity contribution in [1.82, 2.24) is 47.8 Å². The Morgan fingerprint density at radius 3 is 1.39 bits per heavy atom. The molecule has 14 nitrogen and oxygen atoms in total. The SMILES string of the molecule is CCCCC(CC)Cn1c(-c2ccc(-c3ccc(-c4ccc(-c5nc6c(O)nc(N)nc6n5CC(CC)CCCC)s4)c4nsnc34)s2)nc2c(O)nc(N)nc21. The van der Waals surface area contributed by atoms with Crippen LogP contribution in [-0.2, 0) is 13.1 Å². The van der Waals surface area contributed by atoms with Crippen LogP contribution in [0.25, 0.3) is 75.6 Å². The maximum absolute atomic E-state index is 10.7. The van der Waals surface area contributed by atoms with Gasteiger partial charge in [0, 0.05) is 34.0 Å². The summed E-state index contributed by atoms with van der Waals surface area (Å²) in [5.41, 5.74) is 17.4. The van der Waals surface area contributed by atoms with Gasteiger partial charge >= 0.3 is 0 Å². The minimum absolute atomic E-state index is 0.0162. The van der Waals surface area contributed by atoms with Crippen LogP contribution in [0.4, 0.5) is 11.9 Å². The van der Waals surface area contributed by atoms with E-state index in [4.69, 9.17) is 30.2 Å². The summed E-state index contributed by atoms with van der Waals surface area (Å²) in [6.07, 6.45) is 8.75. The van der Waals surface area contributed by atoms with Gasteiger partial charge in [-0.3, -0.25) is 0 Å². The fraction of sp³-hybridized carbons (Fsp3) is 0.400. The van der Waals surface area contributed by atoms with E-state index in [-0.39, 0.29) is 23.7 Å². The highest BCUT2D eigenvalue weighted by molar-refractivity contribution is 7.19. The third-order valence-electron chi connectivity index (χ3n) is 10.8. The van der Waals surface area contributed by atoms with E-state index in [2.05, 4.69) is 93.2 Å². The topological polar surface area (TPSA) is 205 Å². The van der Waals surface area contributed by atoms with Crippen LogP contribution in [0.1, 0.15) is 79.1 Å². The number of nitrogen functional groups attached to an aromatic ring is 2. The lowest BCUT2D eigenvalue weighted by Gasteiger charge is -2.17. The van der Waals surface area contributed by atoms with E-state index in [1.165, 1.54) is 11.7 Å². The minimum Gasteiger partial charge on any atom is -0.492 e. The van der Waals surface area contributed by atoms with Gasteiger partial charge in [-0.2, -0.15) is 28.7 Å². The molecule has 0 amide bonds. The molecule has 0 fully saturated rings. The summed E-state index contributed by atoms with van der Waals surface area (Å²) in [7, 11) is 0. The van der Waals surface area contributed by atoms with Gasteiger partial charge in [-0.25, -0.2) is 9.97 Å². The molecule has 0 saturated heterocycles. The highest BCUT2D eigenvalue weighted by Gasteiger charge is 2.25. The van der Waals surface area contributed by atoms with Gasteiger partial charge in [-0.1, -0.05) is 78.4 Å².